The minimum atomic E-state index is -0.837. The maximum atomic E-state index is 11.8. The van der Waals surface area contributed by atoms with Crippen LogP contribution in [0.2, 0.25) is 0 Å². The van der Waals surface area contributed by atoms with Gasteiger partial charge in [-0.05, 0) is 27.2 Å². The van der Waals surface area contributed by atoms with E-state index in [0.29, 0.717) is 19.5 Å². The van der Waals surface area contributed by atoms with E-state index >= 15 is 0 Å². The smallest absolute Gasteiger partial charge is 0.317 e. The number of carbonyl (C=O) groups is 2. The van der Waals surface area contributed by atoms with Crippen LogP contribution in [0.1, 0.15) is 33.6 Å². The Balaban J connectivity index is 4.17. The van der Waals surface area contributed by atoms with E-state index in [1.165, 1.54) is 0 Å². The van der Waals surface area contributed by atoms with E-state index in [1.54, 1.807) is 4.90 Å². The quantitative estimate of drug-likeness (QED) is 0.669. The maximum Gasteiger partial charge on any atom is 0.317 e. The number of hydrogen-bond acceptors (Lipinski definition) is 2. The Morgan fingerprint density at radius 3 is 2.41 bits per heavy atom. The third-order valence-electron chi connectivity index (χ3n) is 2.22. The van der Waals surface area contributed by atoms with Crippen LogP contribution >= 0.6 is 0 Å². The van der Waals surface area contributed by atoms with Crippen LogP contribution in [0.25, 0.3) is 0 Å². The summed E-state index contributed by atoms with van der Waals surface area (Å²) in [4.78, 5) is 23.8. The maximum absolute atomic E-state index is 11.8. The molecule has 5 heteroatoms. The Kier molecular flexibility index (Phi) is 7.02. The molecule has 0 atom stereocenters. The van der Waals surface area contributed by atoms with Gasteiger partial charge in [0.05, 0.1) is 0 Å². The molecule has 0 fully saturated rings. The molecule has 0 saturated heterocycles. The van der Waals surface area contributed by atoms with Gasteiger partial charge in [-0.1, -0.05) is 12.2 Å². The lowest BCUT2D eigenvalue weighted by Gasteiger charge is -2.26. The zero-order valence-electron chi connectivity index (χ0n) is 10.8. The molecule has 0 aromatic rings. The predicted octanol–water partition coefficient (Wildman–Crippen LogP) is 1.85. The number of carbonyl (C=O) groups excluding carboxylic acids is 1. The Morgan fingerprint density at radius 1 is 1.41 bits per heavy atom. The Hall–Kier alpha value is -1.52. The molecular formula is C12H22N2O3. The number of carboxylic acid groups (broad SMARTS) is 1. The van der Waals surface area contributed by atoms with Gasteiger partial charge in [-0.25, -0.2) is 4.79 Å². The lowest BCUT2D eigenvalue weighted by Crippen LogP contribution is -2.44. The van der Waals surface area contributed by atoms with Gasteiger partial charge in [0.15, 0.2) is 0 Å². The molecule has 2 amide bonds. The van der Waals surface area contributed by atoms with E-state index in [-0.39, 0.29) is 18.5 Å². The van der Waals surface area contributed by atoms with E-state index in [1.807, 2.05) is 20.8 Å². The highest BCUT2D eigenvalue weighted by atomic mass is 16.4. The molecule has 5 nitrogen and oxygen atoms in total. The second kappa shape index (κ2) is 7.70. The second-order valence-corrected chi connectivity index (χ2v) is 4.40. The molecule has 0 aromatic heterocycles. The lowest BCUT2D eigenvalue weighted by molar-refractivity contribution is -0.137. The van der Waals surface area contributed by atoms with E-state index in [0.717, 1.165) is 5.57 Å². The minimum Gasteiger partial charge on any atom is -0.481 e. The van der Waals surface area contributed by atoms with Gasteiger partial charge >= 0.3 is 12.0 Å². The van der Waals surface area contributed by atoms with Crippen LogP contribution in [-0.2, 0) is 4.79 Å². The first-order valence-electron chi connectivity index (χ1n) is 5.75. The molecule has 0 unspecified atom stereocenters. The number of hydrogen-bond donors (Lipinski definition) is 2. The Morgan fingerprint density at radius 2 is 2.00 bits per heavy atom. The summed E-state index contributed by atoms with van der Waals surface area (Å²) in [6.07, 6.45) is 0.547. The molecule has 0 rings (SSSR count). The van der Waals surface area contributed by atoms with Crippen molar-refractivity contribution in [1.29, 1.82) is 0 Å². The van der Waals surface area contributed by atoms with Crippen LogP contribution in [0, 0.1) is 0 Å². The molecule has 98 valence electrons. The fraction of sp³-hybridized carbons (Fsp3) is 0.667. The van der Waals surface area contributed by atoms with Crippen molar-refractivity contribution in [2.75, 3.05) is 13.1 Å². The Labute approximate surface area is 102 Å². The highest BCUT2D eigenvalue weighted by molar-refractivity contribution is 5.74. The third-order valence-corrected chi connectivity index (χ3v) is 2.22. The average Bonchev–Trinajstić information content (AvgIpc) is 2.20. The number of urea groups is 1. The van der Waals surface area contributed by atoms with Gasteiger partial charge in [-0.15, -0.1) is 0 Å². The van der Waals surface area contributed by atoms with Crippen molar-refractivity contribution in [2.24, 2.45) is 0 Å². The molecule has 0 radical (unpaired) electrons. The number of nitrogens with one attached hydrogen (secondary N) is 1. The first-order valence-corrected chi connectivity index (χ1v) is 5.75. The van der Waals surface area contributed by atoms with Crippen molar-refractivity contribution in [3.05, 3.63) is 12.2 Å². The average molecular weight is 242 g/mol. The summed E-state index contributed by atoms with van der Waals surface area (Å²) >= 11 is 0. The van der Waals surface area contributed by atoms with Gasteiger partial charge in [-0.2, -0.15) is 0 Å². The van der Waals surface area contributed by atoms with Gasteiger partial charge in [0.25, 0.3) is 0 Å². The molecule has 0 aromatic carbocycles. The van der Waals surface area contributed by atoms with Gasteiger partial charge in [0, 0.05) is 25.6 Å². The molecule has 0 aliphatic carbocycles. The molecular weight excluding hydrogens is 220 g/mol. The topological polar surface area (TPSA) is 69.6 Å². The summed E-state index contributed by atoms with van der Waals surface area (Å²) in [6, 6.07) is -0.123. The largest absolute Gasteiger partial charge is 0.481 e. The van der Waals surface area contributed by atoms with Crippen molar-refractivity contribution in [2.45, 2.75) is 39.7 Å². The molecule has 0 bridgehead atoms. The monoisotopic (exact) mass is 242 g/mol. The number of carboxylic acids is 1. The third kappa shape index (κ3) is 7.38. The number of amides is 2. The molecule has 0 spiro atoms. The van der Waals surface area contributed by atoms with Crippen LogP contribution in [0.5, 0.6) is 0 Å². The highest BCUT2D eigenvalue weighted by Crippen LogP contribution is 2.02. The highest BCUT2D eigenvalue weighted by Gasteiger charge is 2.16. The minimum absolute atomic E-state index is 0.0499. The van der Waals surface area contributed by atoms with Gasteiger partial charge in [0.2, 0.25) is 0 Å². The fourth-order valence-electron chi connectivity index (χ4n) is 1.32. The van der Waals surface area contributed by atoms with E-state index in [2.05, 4.69) is 11.9 Å². The molecule has 2 N–H and O–H groups in total. The number of rotatable bonds is 7. The molecule has 17 heavy (non-hydrogen) atoms. The molecule has 0 saturated carbocycles. The van der Waals surface area contributed by atoms with E-state index in [9.17, 15) is 9.59 Å². The fourth-order valence-corrected chi connectivity index (χ4v) is 1.32. The lowest BCUT2D eigenvalue weighted by atomic mass is 10.2. The van der Waals surface area contributed by atoms with E-state index < -0.39 is 5.97 Å². The van der Waals surface area contributed by atoms with Crippen LogP contribution in [0.3, 0.4) is 0 Å². The normalized spacial score (nSPS) is 10.1. The Bertz CT molecular complexity index is 287. The summed E-state index contributed by atoms with van der Waals surface area (Å²) in [7, 11) is 0. The molecule has 0 aliphatic rings. The summed E-state index contributed by atoms with van der Waals surface area (Å²) in [5, 5.41) is 11.3. The summed E-state index contributed by atoms with van der Waals surface area (Å²) in [5.74, 6) is -0.837. The predicted molar refractivity (Wildman–Crippen MR) is 66.9 cm³/mol. The van der Waals surface area contributed by atoms with Gasteiger partial charge < -0.3 is 15.3 Å². The first kappa shape index (κ1) is 15.5. The van der Waals surface area contributed by atoms with Crippen molar-refractivity contribution in [1.82, 2.24) is 10.2 Å². The van der Waals surface area contributed by atoms with Gasteiger partial charge in [0.1, 0.15) is 0 Å². The van der Waals surface area contributed by atoms with Crippen molar-refractivity contribution in [3.8, 4) is 0 Å². The van der Waals surface area contributed by atoms with Crippen LogP contribution in [-0.4, -0.2) is 41.1 Å². The van der Waals surface area contributed by atoms with Crippen molar-refractivity contribution in [3.63, 3.8) is 0 Å². The standard InChI is InChI=1S/C12H22N2O3/c1-9(2)8-13-12(17)14(10(3)4)7-5-6-11(15)16/h10H,1,5-8H2,2-4H3,(H,13,17)(H,15,16). The summed E-state index contributed by atoms with van der Waals surface area (Å²) in [6.45, 7) is 10.2. The van der Waals surface area contributed by atoms with Crippen molar-refractivity contribution < 1.29 is 14.7 Å². The molecule has 0 heterocycles. The zero-order valence-corrected chi connectivity index (χ0v) is 10.8. The number of aliphatic carboxylic acids is 1. The van der Waals surface area contributed by atoms with Crippen LogP contribution < -0.4 is 5.32 Å². The van der Waals surface area contributed by atoms with Gasteiger partial charge in [-0.3, -0.25) is 4.79 Å². The number of nitrogens with zero attached hydrogens (tertiary/aromatic N) is 1. The van der Waals surface area contributed by atoms with Crippen LogP contribution in [0.15, 0.2) is 12.2 Å². The van der Waals surface area contributed by atoms with Crippen LogP contribution in [0.4, 0.5) is 4.79 Å². The molecule has 0 aliphatic heterocycles. The zero-order chi connectivity index (χ0) is 13.4. The summed E-state index contributed by atoms with van der Waals surface area (Å²) < 4.78 is 0. The summed E-state index contributed by atoms with van der Waals surface area (Å²) in [5.41, 5.74) is 0.882. The SMILES string of the molecule is C=C(C)CNC(=O)N(CCCC(=O)O)C(C)C. The first-order chi connectivity index (χ1) is 7.84. The van der Waals surface area contributed by atoms with E-state index in [4.69, 9.17) is 5.11 Å². The second-order valence-electron chi connectivity index (χ2n) is 4.40. The van der Waals surface area contributed by atoms with Crippen molar-refractivity contribution >= 4 is 12.0 Å².